The normalized spacial score (nSPS) is 25.3. The van der Waals surface area contributed by atoms with E-state index in [1.807, 2.05) is 13.8 Å². The second-order valence-electron chi connectivity index (χ2n) is 5.50. The number of hydrogen-bond donors (Lipinski definition) is 2. The van der Waals surface area contributed by atoms with Gasteiger partial charge in [-0.15, -0.1) is 0 Å². The van der Waals surface area contributed by atoms with E-state index in [4.69, 9.17) is 0 Å². The molecule has 1 amide bonds. The third kappa shape index (κ3) is 3.49. The topological polar surface area (TPSA) is 41.1 Å². The summed E-state index contributed by atoms with van der Waals surface area (Å²) in [6, 6.07) is 0.411. The number of hydrogen-bond acceptors (Lipinski definition) is 2. The lowest BCUT2D eigenvalue weighted by molar-refractivity contribution is -0.124. The maximum absolute atomic E-state index is 11.5. The van der Waals surface area contributed by atoms with E-state index in [1.54, 1.807) is 0 Å². The van der Waals surface area contributed by atoms with Gasteiger partial charge in [0.25, 0.3) is 0 Å². The van der Waals surface area contributed by atoms with Crippen LogP contribution in [0.5, 0.6) is 0 Å². The molecular formula is C12H24N2O. The van der Waals surface area contributed by atoms with Gasteiger partial charge in [-0.3, -0.25) is 4.79 Å². The van der Waals surface area contributed by atoms with Crippen LogP contribution in [0, 0.1) is 11.3 Å². The van der Waals surface area contributed by atoms with E-state index in [2.05, 4.69) is 24.5 Å². The van der Waals surface area contributed by atoms with Crippen molar-refractivity contribution in [3.63, 3.8) is 0 Å². The van der Waals surface area contributed by atoms with Crippen LogP contribution in [-0.4, -0.2) is 25.0 Å². The van der Waals surface area contributed by atoms with Gasteiger partial charge < -0.3 is 10.6 Å². The lowest BCUT2D eigenvalue weighted by atomic mass is 9.77. The first-order valence-electron chi connectivity index (χ1n) is 5.94. The first-order valence-corrected chi connectivity index (χ1v) is 5.94. The Hall–Kier alpha value is -0.570. The van der Waals surface area contributed by atoms with E-state index in [9.17, 15) is 4.79 Å². The molecule has 2 N–H and O–H groups in total. The van der Waals surface area contributed by atoms with Crippen LogP contribution >= 0.6 is 0 Å². The number of carbonyl (C=O) groups is 1. The van der Waals surface area contributed by atoms with Crippen molar-refractivity contribution in [2.24, 2.45) is 11.3 Å². The summed E-state index contributed by atoms with van der Waals surface area (Å²) in [4.78, 5) is 11.5. The molecule has 1 aliphatic heterocycles. The second-order valence-corrected chi connectivity index (χ2v) is 5.50. The number of piperidine rings is 1. The number of nitrogens with one attached hydrogen (secondary N) is 2. The zero-order chi connectivity index (χ0) is 11.5. The van der Waals surface area contributed by atoms with Crippen molar-refractivity contribution in [1.82, 2.24) is 10.6 Å². The van der Waals surface area contributed by atoms with Gasteiger partial charge in [0, 0.05) is 18.5 Å². The van der Waals surface area contributed by atoms with Crippen LogP contribution in [0.25, 0.3) is 0 Å². The number of amides is 1. The standard InChI is InChI=1S/C12H24N2O/c1-9(2)11(15)14-8-10-12(3,4)6-5-7-13-10/h9-10,13H,5-8H2,1-4H3,(H,14,15). The Morgan fingerprint density at radius 1 is 1.53 bits per heavy atom. The van der Waals surface area contributed by atoms with Gasteiger partial charge in [-0.2, -0.15) is 0 Å². The molecule has 0 aromatic heterocycles. The number of carbonyl (C=O) groups excluding carboxylic acids is 1. The molecule has 1 heterocycles. The molecule has 0 aliphatic carbocycles. The van der Waals surface area contributed by atoms with Gasteiger partial charge in [0.1, 0.15) is 0 Å². The van der Waals surface area contributed by atoms with Crippen LogP contribution in [-0.2, 0) is 4.79 Å². The molecule has 1 aliphatic rings. The smallest absolute Gasteiger partial charge is 0.222 e. The summed E-state index contributed by atoms with van der Waals surface area (Å²) >= 11 is 0. The Morgan fingerprint density at radius 2 is 2.20 bits per heavy atom. The zero-order valence-electron chi connectivity index (χ0n) is 10.4. The molecule has 0 spiro atoms. The van der Waals surface area contributed by atoms with Crippen molar-refractivity contribution in [3.8, 4) is 0 Å². The Morgan fingerprint density at radius 3 is 2.73 bits per heavy atom. The van der Waals surface area contributed by atoms with Gasteiger partial charge >= 0.3 is 0 Å². The quantitative estimate of drug-likeness (QED) is 0.745. The van der Waals surface area contributed by atoms with Gasteiger partial charge in [-0.1, -0.05) is 27.7 Å². The molecule has 1 fully saturated rings. The summed E-state index contributed by atoms with van der Waals surface area (Å²) in [5.41, 5.74) is 0.294. The van der Waals surface area contributed by atoms with Gasteiger partial charge in [-0.05, 0) is 24.8 Å². The Kier molecular flexibility index (Phi) is 4.14. The average molecular weight is 212 g/mol. The van der Waals surface area contributed by atoms with E-state index < -0.39 is 0 Å². The minimum absolute atomic E-state index is 0.0803. The molecule has 3 heteroatoms. The molecule has 0 saturated carbocycles. The largest absolute Gasteiger partial charge is 0.354 e. The van der Waals surface area contributed by atoms with E-state index in [1.165, 1.54) is 12.8 Å². The van der Waals surface area contributed by atoms with Crippen LogP contribution in [0.15, 0.2) is 0 Å². The molecule has 1 saturated heterocycles. The Labute approximate surface area is 93.0 Å². The molecule has 0 aromatic carbocycles. The van der Waals surface area contributed by atoms with Crippen LogP contribution in [0.4, 0.5) is 0 Å². The van der Waals surface area contributed by atoms with Crippen LogP contribution in [0.2, 0.25) is 0 Å². The monoisotopic (exact) mass is 212 g/mol. The highest BCUT2D eigenvalue weighted by atomic mass is 16.1. The highest BCUT2D eigenvalue weighted by Gasteiger charge is 2.31. The SMILES string of the molecule is CC(C)C(=O)NCC1NCCCC1(C)C. The molecule has 0 radical (unpaired) electrons. The van der Waals surface area contributed by atoms with Crippen molar-refractivity contribution < 1.29 is 4.79 Å². The first kappa shape index (κ1) is 12.5. The molecule has 88 valence electrons. The van der Waals surface area contributed by atoms with Crippen LogP contribution in [0.1, 0.15) is 40.5 Å². The predicted molar refractivity (Wildman–Crippen MR) is 62.7 cm³/mol. The fourth-order valence-electron chi connectivity index (χ4n) is 2.03. The highest BCUT2D eigenvalue weighted by Crippen LogP contribution is 2.29. The summed E-state index contributed by atoms with van der Waals surface area (Å²) in [6.45, 7) is 10.2. The first-order chi connectivity index (χ1) is 6.93. The number of rotatable bonds is 3. The van der Waals surface area contributed by atoms with E-state index in [0.29, 0.717) is 11.5 Å². The van der Waals surface area contributed by atoms with Crippen molar-refractivity contribution in [1.29, 1.82) is 0 Å². The van der Waals surface area contributed by atoms with E-state index in [0.717, 1.165) is 13.1 Å². The fourth-order valence-corrected chi connectivity index (χ4v) is 2.03. The Bertz CT molecular complexity index is 224. The van der Waals surface area contributed by atoms with Crippen molar-refractivity contribution in [2.45, 2.75) is 46.6 Å². The fraction of sp³-hybridized carbons (Fsp3) is 0.917. The predicted octanol–water partition coefficient (Wildman–Crippen LogP) is 1.54. The molecule has 0 bridgehead atoms. The van der Waals surface area contributed by atoms with Crippen LogP contribution < -0.4 is 10.6 Å². The summed E-state index contributed by atoms with van der Waals surface area (Å²) in [5.74, 6) is 0.231. The van der Waals surface area contributed by atoms with E-state index >= 15 is 0 Å². The summed E-state index contributed by atoms with van der Waals surface area (Å²) in [7, 11) is 0. The maximum Gasteiger partial charge on any atom is 0.222 e. The maximum atomic E-state index is 11.5. The minimum atomic E-state index is 0.0803. The third-order valence-corrected chi connectivity index (χ3v) is 3.34. The minimum Gasteiger partial charge on any atom is -0.354 e. The summed E-state index contributed by atoms with van der Waals surface area (Å²) in [6.07, 6.45) is 2.48. The molecule has 1 rings (SSSR count). The summed E-state index contributed by atoms with van der Waals surface area (Å²) < 4.78 is 0. The van der Waals surface area contributed by atoms with Crippen molar-refractivity contribution >= 4 is 5.91 Å². The van der Waals surface area contributed by atoms with E-state index in [-0.39, 0.29) is 11.8 Å². The molecule has 1 unspecified atom stereocenters. The van der Waals surface area contributed by atoms with Gasteiger partial charge in [0.2, 0.25) is 5.91 Å². The molecular weight excluding hydrogens is 188 g/mol. The molecule has 15 heavy (non-hydrogen) atoms. The Balaban J connectivity index is 2.40. The lowest BCUT2D eigenvalue weighted by Crippen LogP contribution is -2.53. The average Bonchev–Trinajstić information content (AvgIpc) is 2.14. The zero-order valence-corrected chi connectivity index (χ0v) is 10.4. The van der Waals surface area contributed by atoms with Gasteiger partial charge in [-0.25, -0.2) is 0 Å². The van der Waals surface area contributed by atoms with Crippen LogP contribution in [0.3, 0.4) is 0 Å². The highest BCUT2D eigenvalue weighted by molar-refractivity contribution is 5.77. The lowest BCUT2D eigenvalue weighted by Gasteiger charge is -2.39. The van der Waals surface area contributed by atoms with Crippen molar-refractivity contribution in [2.75, 3.05) is 13.1 Å². The van der Waals surface area contributed by atoms with Crippen molar-refractivity contribution in [3.05, 3.63) is 0 Å². The second kappa shape index (κ2) is 4.97. The molecule has 0 aromatic rings. The van der Waals surface area contributed by atoms with Gasteiger partial charge in [0.15, 0.2) is 0 Å². The molecule has 1 atom stereocenters. The third-order valence-electron chi connectivity index (χ3n) is 3.34. The molecule has 3 nitrogen and oxygen atoms in total. The summed E-state index contributed by atoms with van der Waals surface area (Å²) in [5, 5.41) is 6.49. The van der Waals surface area contributed by atoms with Gasteiger partial charge in [0.05, 0.1) is 0 Å².